The molecule has 0 amide bonds. The topological polar surface area (TPSA) is 46.0 Å². The number of rotatable bonds is 0. The Balaban J connectivity index is 2.77. The number of H-pyrrole nitrogens is 1. The van der Waals surface area contributed by atoms with Crippen LogP contribution in [0.2, 0.25) is 0 Å². The van der Waals surface area contributed by atoms with Gasteiger partial charge in [0.05, 0.1) is 7.11 Å². The molecule has 0 aliphatic carbocycles. The molecule has 4 nitrogen and oxygen atoms in total. The van der Waals surface area contributed by atoms with Crippen LogP contribution in [0.15, 0.2) is 18.7 Å². The van der Waals surface area contributed by atoms with Gasteiger partial charge in [0, 0.05) is 0 Å². The lowest BCUT2D eigenvalue weighted by atomic mass is 10.9. The molecule has 0 radical (unpaired) electrons. The van der Waals surface area contributed by atoms with E-state index >= 15 is 0 Å². The Labute approximate surface area is 52.1 Å². The molecule has 1 aromatic heterocycles. The molecule has 0 bridgehead atoms. The summed E-state index contributed by atoms with van der Waals surface area (Å²) in [5.74, 6) is 0. The lowest BCUT2D eigenvalue weighted by Crippen LogP contribution is -2.40. The summed E-state index contributed by atoms with van der Waals surface area (Å²) in [6.07, 6.45) is 4.32. The fourth-order valence-corrected chi connectivity index (χ4v) is 0.509. The van der Waals surface area contributed by atoms with Crippen LogP contribution >= 0.6 is 0 Å². The number of hydrogen-bond donors (Lipinski definition) is 1. The smallest absolute Gasteiger partial charge is 0.434 e. The molecule has 1 N–H and O–H groups in total. The molecule has 0 spiro atoms. The minimum absolute atomic E-state index is 0.392. The molecule has 4 heteroatoms. The van der Waals surface area contributed by atoms with Crippen LogP contribution in [0.4, 0.5) is 4.79 Å². The largest absolute Gasteiger partial charge is 0.511 e. The molecule has 0 aliphatic heterocycles. The number of aromatic nitrogens is 2. The lowest BCUT2D eigenvalue weighted by molar-refractivity contribution is -0.583. The zero-order chi connectivity index (χ0) is 6.69. The number of hydrogen-bond acceptors (Lipinski definition) is 2. The van der Waals surface area contributed by atoms with Gasteiger partial charge < -0.3 is 4.74 Å². The number of ether oxygens (including phenoxy) is 1. The maximum atomic E-state index is 10.6. The second-order valence-corrected chi connectivity index (χ2v) is 1.49. The van der Waals surface area contributed by atoms with Crippen LogP contribution < -0.4 is 4.57 Å². The minimum Gasteiger partial charge on any atom is -0.434 e. The van der Waals surface area contributed by atoms with Crippen molar-refractivity contribution in [2.45, 2.75) is 0 Å². The molecule has 9 heavy (non-hydrogen) atoms. The first-order valence-electron chi connectivity index (χ1n) is 2.47. The van der Waals surface area contributed by atoms with Gasteiger partial charge in [-0.25, -0.2) is 4.98 Å². The second kappa shape index (κ2) is 2.30. The quantitative estimate of drug-likeness (QED) is 0.495. The van der Waals surface area contributed by atoms with Crippen LogP contribution in [0.3, 0.4) is 0 Å². The van der Waals surface area contributed by atoms with Crippen LogP contribution in [0.25, 0.3) is 0 Å². The van der Waals surface area contributed by atoms with Crippen LogP contribution in [-0.2, 0) is 4.74 Å². The highest BCUT2D eigenvalue weighted by molar-refractivity contribution is 5.56. The Morgan fingerprint density at radius 1 is 1.78 bits per heavy atom. The fraction of sp³-hybridized carbons (Fsp3) is 0.200. The minimum atomic E-state index is -0.392. The van der Waals surface area contributed by atoms with E-state index in [0.29, 0.717) is 0 Å². The van der Waals surface area contributed by atoms with Gasteiger partial charge in [0.15, 0.2) is 0 Å². The summed E-state index contributed by atoms with van der Waals surface area (Å²) in [4.78, 5) is 13.3. The van der Waals surface area contributed by atoms with Gasteiger partial charge in [0.25, 0.3) is 6.33 Å². The number of methoxy groups -OCH3 is 1. The lowest BCUT2D eigenvalue weighted by Gasteiger charge is -1.87. The predicted molar refractivity (Wildman–Crippen MR) is 28.8 cm³/mol. The molecule has 0 saturated heterocycles. The SMILES string of the molecule is COC(=O)[n+]1cc[nH]c1. The molecule has 1 aromatic rings. The van der Waals surface area contributed by atoms with Gasteiger partial charge in [-0.05, 0) is 0 Å². The normalized spacial score (nSPS) is 9.00. The van der Waals surface area contributed by atoms with Gasteiger partial charge >= 0.3 is 6.09 Å². The summed E-state index contributed by atoms with van der Waals surface area (Å²) in [6.45, 7) is 0. The Kier molecular flexibility index (Phi) is 1.48. The molecule has 0 fully saturated rings. The molecule has 48 valence electrons. The van der Waals surface area contributed by atoms with Gasteiger partial charge in [-0.1, -0.05) is 0 Å². The van der Waals surface area contributed by atoms with E-state index < -0.39 is 6.09 Å². The van der Waals surface area contributed by atoms with Crippen molar-refractivity contribution in [3.05, 3.63) is 18.7 Å². The number of nitrogens with zero attached hydrogens (tertiary/aromatic N) is 1. The van der Waals surface area contributed by atoms with Gasteiger partial charge in [0.1, 0.15) is 12.4 Å². The van der Waals surface area contributed by atoms with Crippen molar-refractivity contribution in [2.75, 3.05) is 7.11 Å². The highest BCUT2D eigenvalue weighted by Gasteiger charge is 2.07. The summed E-state index contributed by atoms with van der Waals surface area (Å²) < 4.78 is 5.70. The van der Waals surface area contributed by atoms with Crippen molar-refractivity contribution in [3.63, 3.8) is 0 Å². The number of nitrogens with one attached hydrogen (secondary N) is 1. The fourth-order valence-electron chi connectivity index (χ4n) is 0.509. The first-order chi connectivity index (χ1) is 4.34. The van der Waals surface area contributed by atoms with Crippen molar-refractivity contribution >= 4 is 6.09 Å². The third-order valence-corrected chi connectivity index (χ3v) is 0.930. The van der Waals surface area contributed by atoms with E-state index in [1.165, 1.54) is 18.0 Å². The molecular weight excluding hydrogens is 120 g/mol. The van der Waals surface area contributed by atoms with E-state index in [1.807, 2.05) is 0 Å². The zero-order valence-corrected chi connectivity index (χ0v) is 5.00. The Morgan fingerprint density at radius 3 is 3.00 bits per heavy atom. The number of aromatic amines is 1. The van der Waals surface area contributed by atoms with Gasteiger partial charge in [-0.15, -0.1) is 4.57 Å². The van der Waals surface area contributed by atoms with Crippen LogP contribution in [0.5, 0.6) is 0 Å². The summed E-state index contributed by atoms with van der Waals surface area (Å²) in [5.41, 5.74) is 0. The molecule has 0 aromatic carbocycles. The molecular formula is C5H7N2O2+. The van der Waals surface area contributed by atoms with E-state index in [2.05, 4.69) is 9.72 Å². The van der Waals surface area contributed by atoms with Crippen molar-refractivity contribution in [1.82, 2.24) is 4.98 Å². The maximum Gasteiger partial charge on any atom is 0.511 e. The van der Waals surface area contributed by atoms with Gasteiger partial charge in [-0.3, -0.25) is 0 Å². The number of carbonyl (C=O) groups is 1. The zero-order valence-electron chi connectivity index (χ0n) is 5.00. The second-order valence-electron chi connectivity index (χ2n) is 1.49. The Bertz CT molecular complexity index is 193. The van der Waals surface area contributed by atoms with E-state index in [0.717, 1.165) is 0 Å². The van der Waals surface area contributed by atoms with E-state index in [9.17, 15) is 4.79 Å². The molecule has 0 saturated carbocycles. The average molecular weight is 127 g/mol. The van der Waals surface area contributed by atoms with E-state index in [4.69, 9.17) is 0 Å². The summed E-state index contributed by atoms with van der Waals surface area (Å²) in [6, 6.07) is 0. The monoisotopic (exact) mass is 127 g/mol. The molecule has 1 rings (SSSR count). The van der Waals surface area contributed by atoms with Crippen LogP contribution in [0, 0.1) is 0 Å². The van der Waals surface area contributed by atoms with Crippen LogP contribution in [0.1, 0.15) is 0 Å². The van der Waals surface area contributed by atoms with E-state index in [-0.39, 0.29) is 0 Å². The first kappa shape index (κ1) is 5.81. The summed E-state index contributed by atoms with van der Waals surface area (Å²) >= 11 is 0. The van der Waals surface area contributed by atoms with E-state index in [1.54, 1.807) is 12.4 Å². The van der Waals surface area contributed by atoms with Crippen molar-refractivity contribution in [3.8, 4) is 0 Å². The third kappa shape index (κ3) is 1.07. The van der Waals surface area contributed by atoms with Crippen molar-refractivity contribution in [2.24, 2.45) is 0 Å². The number of imidazole rings is 1. The van der Waals surface area contributed by atoms with Crippen molar-refractivity contribution < 1.29 is 14.1 Å². The third-order valence-electron chi connectivity index (χ3n) is 0.930. The average Bonchev–Trinajstić information content (AvgIpc) is 2.37. The standard InChI is InChI=1S/C5H6N2O2/c1-9-5(8)7-3-2-6-4-7/h2-4H,1H3/p+1. The Hall–Kier alpha value is -1.32. The van der Waals surface area contributed by atoms with Gasteiger partial charge in [-0.2, -0.15) is 4.79 Å². The molecule has 0 aliphatic rings. The Morgan fingerprint density at radius 2 is 2.56 bits per heavy atom. The predicted octanol–water partition coefficient (Wildman–Crippen LogP) is -0.0833. The first-order valence-corrected chi connectivity index (χ1v) is 2.47. The highest BCUT2D eigenvalue weighted by atomic mass is 16.5. The summed E-state index contributed by atoms with van der Waals surface area (Å²) in [5, 5.41) is 0. The molecule has 0 atom stereocenters. The van der Waals surface area contributed by atoms with Crippen molar-refractivity contribution in [1.29, 1.82) is 0 Å². The van der Waals surface area contributed by atoms with Crippen LogP contribution in [-0.4, -0.2) is 18.2 Å². The number of carbonyl (C=O) groups excluding carboxylic acids is 1. The maximum absolute atomic E-state index is 10.6. The molecule has 0 unspecified atom stereocenters. The molecule has 1 heterocycles. The van der Waals surface area contributed by atoms with Gasteiger partial charge in [0.2, 0.25) is 0 Å². The highest BCUT2D eigenvalue weighted by Crippen LogP contribution is 1.72. The summed E-state index contributed by atoms with van der Waals surface area (Å²) in [7, 11) is 1.34.